The van der Waals surface area contributed by atoms with Gasteiger partial charge in [-0.05, 0) is 18.2 Å². The lowest BCUT2D eigenvalue weighted by atomic mass is 10.2. The number of para-hydroxylation sites is 1. The Balaban J connectivity index is 2.03. The number of rotatable bonds is 3. The van der Waals surface area contributed by atoms with Crippen LogP contribution in [0.25, 0.3) is 0 Å². The van der Waals surface area contributed by atoms with E-state index in [0.717, 1.165) is 12.1 Å². The van der Waals surface area contributed by atoms with E-state index < -0.39 is 0 Å². The fraction of sp³-hybridized carbons (Fsp3) is 0.200. The standard InChI is InChI=1S/C15H16N2S/c1-17(14-7-3-2-4-8-14)11-15-10-13(12-18-15)6-5-9-16/h2-4,7-8,10,12H,9,11,16H2,1H3. The molecule has 0 spiro atoms. The zero-order valence-electron chi connectivity index (χ0n) is 10.4. The molecule has 1 aromatic heterocycles. The predicted molar refractivity (Wildman–Crippen MR) is 78.8 cm³/mol. The first-order valence-electron chi connectivity index (χ1n) is 5.82. The van der Waals surface area contributed by atoms with E-state index in [-0.39, 0.29) is 0 Å². The first-order chi connectivity index (χ1) is 8.79. The first-order valence-corrected chi connectivity index (χ1v) is 6.70. The molecule has 2 rings (SSSR count). The van der Waals surface area contributed by atoms with Gasteiger partial charge in [0.05, 0.1) is 13.1 Å². The normalized spacial score (nSPS) is 9.67. The molecule has 3 heteroatoms. The van der Waals surface area contributed by atoms with Gasteiger partial charge in [-0.1, -0.05) is 30.0 Å². The van der Waals surface area contributed by atoms with Gasteiger partial charge in [-0.25, -0.2) is 0 Å². The number of hydrogen-bond acceptors (Lipinski definition) is 3. The molecule has 0 fully saturated rings. The smallest absolute Gasteiger partial charge is 0.0555 e. The molecule has 0 amide bonds. The average Bonchev–Trinajstić information content (AvgIpc) is 2.85. The topological polar surface area (TPSA) is 29.3 Å². The SMILES string of the molecule is CN(Cc1cc(C#CCN)cs1)c1ccccc1. The van der Waals surface area contributed by atoms with Gasteiger partial charge in [-0.15, -0.1) is 11.3 Å². The minimum absolute atomic E-state index is 0.412. The van der Waals surface area contributed by atoms with Crippen molar-refractivity contribution in [3.63, 3.8) is 0 Å². The number of hydrogen-bond donors (Lipinski definition) is 1. The summed E-state index contributed by atoms with van der Waals surface area (Å²) >= 11 is 1.74. The molecule has 2 aromatic rings. The van der Waals surface area contributed by atoms with Gasteiger partial charge >= 0.3 is 0 Å². The van der Waals surface area contributed by atoms with E-state index >= 15 is 0 Å². The van der Waals surface area contributed by atoms with Crippen molar-refractivity contribution in [2.45, 2.75) is 6.54 Å². The second-order valence-corrected chi connectivity index (χ2v) is 4.99. The van der Waals surface area contributed by atoms with E-state index in [1.165, 1.54) is 10.6 Å². The molecule has 0 aliphatic rings. The number of anilines is 1. The lowest BCUT2D eigenvalue weighted by Gasteiger charge is -2.17. The van der Waals surface area contributed by atoms with E-state index in [2.05, 4.69) is 59.5 Å². The van der Waals surface area contributed by atoms with Crippen molar-refractivity contribution in [2.75, 3.05) is 18.5 Å². The zero-order chi connectivity index (χ0) is 12.8. The fourth-order valence-corrected chi connectivity index (χ4v) is 2.56. The third-order valence-electron chi connectivity index (χ3n) is 2.58. The van der Waals surface area contributed by atoms with Crippen molar-refractivity contribution in [2.24, 2.45) is 5.73 Å². The van der Waals surface area contributed by atoms with Crippen molar-refractivity contribution >= 4 is 17.0 Å². The summed E-state index contributed by atoms with van der Waals surface area (Å²) in [6.07, 6.45) is 0. The van der Waals surface area contributed by atoms with Gasteiger partial charge in [0.2, 0.25) is 0 Å². The Labute approximate surface area is 112 Å². The molecule has 0 aliphatic heterocycles. The second-order valence-electron chi connectivity index (χ2n) is 4.00. The van der Waals surface area contributed by atoms with E-state index in [4.69, 9.17) is 5.73 Å². The van der Waals surface area contributed by atoms with Crippen LogP contribution in [0.5, 0.6) is 0 Å². The van der Waals surface area contributed by atoms with E-state index in [0.29, 0.717) is 6.54 Å². The molecular formula is C15H16N2S. The lowest BCUT2D eigenvalue weighted by Crippen LogP contribution is -2.15. The summed E-state index contributed by atoms with van der Waals surface area (Å²) < 4.78 is 0. The molecule has 0 saturated carbocycles. The fourth-order valence-electron chi connectivity index (χ4n) is 1.69. The van der Waals surface area contributed by atoms with Gasteiger partial charge in [0, 0.05) is 28.6 Å². The third-order valence-corrected chi connectivity index (χ3v) is 3.50. The Kier molecular flexibility index (Phi) is 4.40. The van der Waals surface area contributed by atoms with Crippen LogP contribution in [0.1, 0.15) is 10.4 Å². The highest BCUT2D eigenvalue weighted by molar-refractivity contribution is 7.10. The Bertz CT molecular complexity index is 549. The van der Waals surface area contributed by atoms with Gasteiger partial charge in [0.25, 0.3) is 0 Å². The Hall–Kier alpha value is -1.76. The largest absolute Gasteiger partial charge is 0.369 e. The van der Waals surface area contributed by atoms with Crippen molar-refractivity contribution in [1.82, 2.24) is 0 Å². The van der Waals surface area contributed by atoms with Gasteiger partial charge in [-0.2, -0.15) is 0 Å². The number of nitrogens with two attached hydrogens (primary N) is 1. The summed E-state index contributed by atoms with van der Waals surface area (Å²) in [5, 5.41) is 2.08. The Morgan fingerprint density at radius 1 is 1.28 bits per heavy atom. The molecule has 0 radical (unpaired) electrons. The van der Waals surface area contributed by atoms with Crippen LogP contribution in [0.4, 0.5) is 5.69 Å². The summed E-state index contributed by atoms with van der Waals surface area (Å²) in [5.41, 5.74) is 7.64. The molecule has 1 heterocycles. The average molecular weight is 256 g/mol. The maximum atomic E-state index is 5.36. The van der Waals surface area contributed by atoms with Crippen molar-refractivity contribution in [3.8, 4) is 11.8 Å². The summed E-state index contributed by atoms with van der Waals surface area (Å²) in [7, 11) is 2.10. The minimum Gasteiger partial charge on any atom is -0.369 e. The van der Waals surface area contributed by atoms with Crippen molar-refractivity contribution in [3.05, 3.63) is 52.2 Å². The third kappa shape index (κ3) is 3.36. The van der Waals surface area contributed by atoms with Gasteiger partial charge in [0.15, 0.2) is 0 Å². The Morgan fingerprint density at radius 3 is 2.78 bits per heavy atom. The zero-order valence-corrected chi connectivity index (χ0v) is 11.2. The van der Waals surface area contributed by atoms with Crippen LogP contribution in [-0.2, 0) is 6.54 Å². The first kappa shape index (κ1) is 12.7. The summed E-state index contributed by atoms with van der Waals surface area (Å²) in [4.78, 5) is 3.54. The molecule has 1 aromatic carbocycles. The van der Waals surface area contributed by atoms with Gasteiger partial charge < -0.3 is 10.6 Å². The van der Waals surface area contributed by atoms with Crippen LogP contribution in [0.2, 0.25) is 0 Å². The van der Waals surface area contributed by atoms with Gasteiger partial charge in [0.1, 0.15) is 0 Å². The highest BCUT2D eigenvalue weighted by atomic mass is 32.1. The molecule has 0 aliphatic carbocycles. The van der Waals surface area contributed by atoms with Crippen LogP contribution in [0.15, 0.2) is 41.8 Å². The highest BCUT2D eigenvalue weighted by Gasteiger charge is 2.03. The highest BCUT2D eigenvalue weighted by Crippen LogP contribution is 2.19. The number of benzene rings is 1. The molecule has 2 nitrogen and oxygen atoms in total. The molecule has 92 valence electrons. The summed E-state index contributed by atoms with van der Waals surface area (Å²) in [6.45, 7) is 1.31. The summed E-state index contributed by atoms with van der Waals surface area (Å²) in [6, 6.07) is 12.5. The molecule has 0 atom stereocenters. The van der Waals surface area contributed by atoms with E-state index in [9.17, 15) is 0 Å². The van der Waals surface area contributed by atoms with Gasteiger partial charge in [-0.3, -0.25) is 0 Å². The molecule has 0 unspecified atom stereocenters. The quantitative estimate of drug-likeness (QED) is 0.856. The lowest BCUT2D eigenvalue weighted by molar-refractivity contribution is 0.940. The van der Waals surface area contributed by atoms with E-state index in [1.807, 2.05) is 6.07 Å². The molecule has 18 heavy (non-hydrogen) atoms. The predicted octanol–water partition coefficient (Wildman–Crippen LogP) is 2.69. The van der Waals surface area contributed by atoms with Crippen LogP contribution in [0, 0.1) is 11.8 Å². The number of thiophene rings is 1. The monoisotopic (exact) mass is 256 g/mol. The second kappa shape index (κ2) is 6.25. The maximum Gasteiger partial charge on any atom is 0.0555 e. The maximum absolute atomic E-state index is 5.36. The number of nitrogens with zero attached hydrogens (tertiary/aromatic N) is 1. The van der Waals surface area contributed by atoms with Crippen LogP contribution < -0.4 is 10.6 Å². The summed E-state index contributed by atoms with van der Waals surface area (Å²) in [5.74, 6) is 5.93. The minimum atomic E-state index is 0.412. The van der Waals surface area contributed by atoms with Crippen LogP contribution >= 0.6 is 11.3 Å². The Morgan fingerprint density at radius 2 is 2.06 bits per heavy atom. The van der Waals surface area contributed by atoms with Crippen LogP contribution in [-0.4, -0.2) is 13.6 Å². The van der Waals surface area contributed by atoms with Crippen molar-refractivity contribution in [1.29, 1.82) is 0 Å². The van der Waals surface area contributed by atoms with E-state index in [1.54, 1.807) is 11.3 Å². The van der Waals surface area contributed by atoms with Crippen molar-refractivity contribution < 1.29 is 0 Å². The molecule has 2 N–H and O–H groups in total. The van der Waals surface area contributed by atoms with Crippen LogP contribution in [0.3, 0.4) is 0 Å². The molecule has 0 saturated heterocycles. The molecular weight excluding hydrogens is 240 g/mol. The molecule has 0 bridgehead atoms.